The van der Waals surface area contributed by atoms with E-state index in [0.717, 1.165) is 60.6 Å². The van der Waals surface area contributed by atoms with Gasteiger partial charge < -0.3 is 14.5 Å². The van der Waals surface area contributed by atoms with Crippen LogP contribution in [0.3, 0.4) is 0 Å². The third-order valence-electron chi connectivity index (χ3n) is 8.69. The number of aromatic nitrogens is 1. The van der Waals surface area contributed by atoms with E-state index in [-0.39, 0.29) is 17.7 Å². The molecule has 0 unspecified atom stereocenters. The number of likely N-dealkylation sites (tertiary alicyclic amines) is 2. The van der Waals surface area contributed by atoms with Gasteiger partial charge in [-0.25, -0.2) is 4.79 Å². The van der Waals surface area contributed by atoms with Gasteiger partial charge in [0.15, 0.2) is 0 Å². The molecule has 7 nitrogen and oxygen atoms in total. The number of benzene rings is 1. The lowest BCUT2D eigenvalue weighted by Gasteiger charge is -2.38. The molecule has 0 spiro atoms. The number of piperidine rings is 2. The minimum Gasteiger partial charge on any atom is -0.462 e. The number of hydrogen-bond acceptors (Lipinski definition) is 5. The molecule has 2 aromatic rings. The van der Waals surface area contributed by atoms with Gasteiger partial charge in [-0.1, -0.05) is 22.0 Å². The Labute approximate surface area is 246 Å². The number of ether oxygens (including phenoxy) is 1. The molecule has 2 saturated heterocycles. The quantitative estimate of drug-likeness (QED) is 0.335. The van der Waals surface area contributed by atoms with Crippen LogP contribution in [0.5, 0.6) is 0 Å². The van der Waals surface area contributed by atoms with Gasteiger partial charge in [0.2, 0.25) is 5.91 Å². The Bertz CT molecular complexity index is 1270. The minimum atomic E-state index is -0.823. The molecule has 0 bridgehead atoms. The molecule has 3 aliphatic rings. The molecule has 3 heterocycles. The summed E-state index contributed by atoms with van der Waals surface area (Å²) in [6.45, 7) is 4.64. The number of hydrogen-bond donors (Lipinski definition) is 0. The second kappa shape index (κ2) is 12.1. The number of carbonyl (C=O) groups is 3. The van der Waals surface area contributed by atoms with Crippen molar-refractivity contribution >= 4 is 49.6 Å². The Morgan fingerprint density at radius 3 is 2.31 bits per heavy atom. The Balaban J connectivity index is 1.25. The number of amides is 2. The van der Waals surface area contributed by atoms with Crippen molar-refractivity contribution in [3.05, 3.63) is 61.3 Å². The number of fused-ring (bicyclic) bond motifs is 2. The highest BCUT2D eigenvalue weighted by molar-refractivity contribution is 9.10. The zero-order chi connectivity index (χ0) is 27.7. The molecule has 5 rings (SSSR count). The average Bonchev–Trinajstić information content (AvgIpc) is 3.09. The van der Waals surface area contributed by atoms with Gasteiger partial charge in [-0.15, -0.1) is 0 Å². The topological polar surface area (TPSA) is 79.8 Å². The predicted octanol–water partition coefficient (Wildman–Crippen LogP) is 5.19. The highest BCUT2D eigenvalue weighted by Crippen LogP contribution is 2.45. The lowest BCUT2D eigenvalue weighted by Crippen LogP contribution is -2.44. The number of pyridine rings is 1. The molecule has 39 heavy (non-hydrogen) atoms. The molecule has 2 amide bonds. The van der Waals surface area contributed by atoms with Gasteiger partial charge in [0.05, 0.1) is 12.8 Å². The summed E-state index contributed by atoms with van der Waals surface area (Å²) >= 11 is 7.53. The highest BCUT2D eigenvalue weighted by Gasteiger charge is 2.37. The summed E-state index contributed by atoms with van der Waals surface area (Å²) in [6, 6.07) is 6.78. The molecular weight excluding hydrogens is 626 g/mol. The number of carbonyl (C=O) groups excluding carboxylic acids is 3. The summed E-state index contributed by atoms with van der Waals surface area (Å²) < 4.78 is 6.73. The Hall–Kier alpha value is -2.26. The van der Waals surface area contributed by atoms with Crippen LogP contribution in [-0.4, -0.2) is 65.9 Å². The molecule has 1 aliphatic carbocycles. The number of halogens is 2. The van der Waals surface area contributed by atoms with E-state index in [0.29, 0.717) is 25.4 Å². The number of nitrogens with zero attached hydrogens (tertiary/aromatic N) is 3. The van der Waals surface area contributed by atoms with Crippen molar-refractivity contribution in [2.75, 3.05) is 33.3 Å². The second-order valence-electron chi connectivity index (χ2n) is 11.1. The Kier molecular flexibility index (Phi) is 8.76. The highest BCUT2D eigenvalue weighted by atomic mass is 79.9. The van der Waals surface area contributed by atoms with E-state index in [9.17, 15) is 14.4 Å². The first kappa shape index (κ1) is 28.3. The Morgan fingerprint density at radius 2 is 1.62 bits per heavy atom. The minimum absolute atomic E-state index is 0.201. The van der Waals surface area contributed by atoms with E-state index in [1.165, 1.54) is 40.0 Å². The average molecular weight is 661 g/mol. The van der Waals surface area contributed by atoms with Gasteiger partial charge in [-0.05, 0) is 108 Å². The molecule has 2 fully saturated rings. The standard InChI is InChI=1S/C30H35Br2N3O4/c1-18-13-21-3-4-22-16-23(31)17-33-28(22)27(26(21)24(32)14-18)20-7-11-34(12-8-20)25(36)15-19-5-9-35(10-6-19)29(37)30(38)39-2/h13-14,16-17,19-20,27H,3-12,15H2,1-2H3/t27-/m1/s1. The van der Waals surface area contributed by atoms with Gasteiger partial charge in [0, 0.05) is 53.7 Å². The van der Waals surface area contributed by atoms with E-state index < -0.39 is 11.9 Å². The van der Waals surface area contributed by atoms with Crippen LogP contribution in [0.25, 0.3) is 0 Å². The molecule has 2 aliphatic heterocycles. The van der Waals surface area contributed by atoms with E-state index in [1.807, 2.05) is 11.1 Å². The first-order valence-electron chi connectivity index (χ1n) is 13.8. The first-order chi connectivity index (χ1) is 18.7. The van der Waals surface area contributed by atoms with Crippen molar-refractivity contribution < 1.29 is 19.1 Å². The monoisotopic (exact) mass is 659 g/mol. The Morgan fingerprint density at radius 1 is 0.949 bits per heavy atom. The largest absolute Gasteiger partial charge is 0.462 e. The fourth-order valence-corrected chi connectivity index (χ4v) is 7.87. The zero-order valence-electron chi connectivity index (χ0n) is 22.6. The van der Waals surface area contributed by atoms with Crippen molar-refractivity contribution in [2.24, 2.45) is 11.8 Å². The number of aryl methyl sites for hydroxylation is 3. The van der Waals surface area contributed by atoms with Crippen molar-refractivity contribution in [1.82, 2.24) is 14.8 Å². The summed E-state index contributed by atoms with van der Waals surface area (Å²) in [6.07, 6.45) is 7.74. The molecule has 0 N–H and O–H groups in total. The summed E-state index contributed by atoms with van der Waals surface area (Å²) in [5.41, 5.74) is 6.52. The lowest BCUT2D eigenvalue weighted by atomic mass is 9.76. The van der Waals surface area contributed by atoms with Crippen molar-refractivity contribution in [2.45, 2.75) is 57.8 Å². The SMILES string of the molecule is COC(=O)C(=O)N1CCC(CC(=O)N2CCC([C@H]3c4ncc(Br)cc4CCc4cc(C)cc(Br)c43)CC2)CC1. The maximum Gasteiger partial charge on any atom is 0.396 e. The molecule has 1 aromatic carbocycles. The summed E-state index contributed by atoms with van der Waals surface area (Å²) in [5.74, 6) is -0.364. The van der Waals surface area contributed by atoms with Gasteiger partial charge in [0.25, 0.3) is 0 Å². The third-order valence-corrected chi connectivity index (χ3v) is 9.78. The smallest absolute Gasteiger partial charge is 0.396 e. The third kappa shape index (κ3) is 6.09. The van der Waals surface area contributed by atoms with Crippen LogP contribution < -0.4 is 0 Å². The van der Waals surface area contributed by atoms with Crippen LogP contribution >= 0.6 is 31.9 Å². The molecular formula is C30H35Br2N3O4. The molecule has 1 aromatic heterocycles. The van der Waals surface area contributed by atoms with Gasteiger partial charge in [-0.3, -0.25) is 14.6 Å². The van der Waals surface area contributed by atoms with E-state index >= 15 is 0 Å². The number of methoxy groups -OCH3 is 1. The van der Waals surface area contributed by atoms with Gasteiger partial charge in [-0.2, -0.15) is 0 Å². The van der Waals surface area contributed by atoms with Crippen LogP contribution in [0, 0.1) is 18.8 Å². The summed E-state index contributed by atoms with van der Waals surface area (Å²) in [4.78, 5) is 45.4. The summed E-state index contributed by atoms with van der Waals surface area (Å²) in [7, 11) is 1.22. The lowest BCUT2D eigenvalue weighted by molar-refractivity contribution is -0.159. The summed E-state index contributed by atoms with van der Waals surface area (Å²) in [5, 5.41) is 0. The number of rotatable bonds is 3. The predicted molar refractivity (Wildman–Crippen MR) is 155 cm³/mol. The molecule has 208 valence electrons. The van der Waals surface area contributed by atoms with Crippen LogP contribution in [0.1, 0.15) is 66.0 Å². The van der Waals surface area contributed by atoms with E-state index in [2.05, 4.69) is 61.7 Å². The fourth-order valence-electron chi connectivity index (χ4n) is 6.63. The van der Waals surface area contributed by atoms with Crippen molar-refractivity contribution in [3.8, 4) is 0 Å². The van der Waals surface area contributed by atoms with Crippen molar-refractivity contribution in [1.29, 1.82) is 0 Å². The van der Waals surface area contributed by atoms with Gasteiger partial charge in [0.1, 0.15) is 0 Å². The van der Waals surface area contributed by atoms with E-state index in [1.54, 1.807) is 0 Å². The van der Waals surface area contributed by atoms with Crippen LogP contribution in [0.2, 0.25) is 0 Å². The first-order valence-corrected chi connectivity index (χ1v) is 15.4. The molecule has 9 heteroatoms. The van der Waals surface area contributed by atoms with Crippen molar-refractivity contribution in [3.63, 3.8) is 0 Å². The van der Waals surface area contributed by atoms with E-state index in [4.69, 9.17) is 4.98 Å². The normalized spacial score (nSPS) is 20.2. The number of esters is 1. The van der Waals surface area contributed by atoms with Gasteiger partial charge >= 0.3 is 11.9 Å². The maximum absolute atomic E-state index is 13.2. The second-order valence-corrected chi connectivity index (χ2v) is 12.9. The zero-order valence-corrected chi connectivity index (χ0v) is 25.7. The maximum atomic E-state index is 13.2. The molecule has 1 atom stereocenters. The molecule has 0 radical (unpaired) electrons. The van der Waals surface area contributed by atoms with Crippen LogP contribution in [0.4, 0.5) is 0 Å². The van der Waals surface area contributed by atoms with Crippen LogP contribution in [-0.2, 0) is 32.0 Å². The van der Waals surface area contributed by atoms with Crippen LogP contribution in [0.15, 0.2) is 33.3 Å². The fraction of sp³-hybridized carbons (Fsp3) is 0.533. The molecule has 0 saturated carbocycles.